The predicted octanol–water partition coefficient (Wildman–Crippen LogP) is 3.05. The fraction of sp³-hybridized carbons (Fsp3) is 0.481. The van der Waals surface area contributed by atoms with Gasteiger partial charge in [0.05, 0.1) is 39.4 Å². The second-order valence-corrected chi connectivity index (χ2v) is 9.14. The molecule has 0 aliphatic carbocycles. The largest absolute Gasteiger partial charge is 0.491 e. The third kappa shape index (κ3) is 7.62. The average molecular weight is 519 g/mol. The van der Waals surface area contributed by atoms with E-state index in [0.717, 1.165) is 0 Å². The Morgan fingerprint density at radius 3 is 2.38 bits per heavy atom. The number of ether oxygens (including phenoxy) is 4. The number of para-hydroxylation sites is 1. The van der Waals surface area contributed by atoms with Crippen molar-refractivity contribution in [3.05, 3.63) is 60.2 Å². The van der Waals surface area contributed by atoms with Gasteiger partial charge in [-0.05, 0) is 42.8 Å². The van der Waals surface area contributed by atoms with Crippen LogP contribution in [0.3, 0.4) is 0 Å². The second-order valence-electron chi connectivity index (χ2n) is 9.14. The quantitative estimate of drug-likeness (QED) is 0.450. The summed E-state index contributed by atoms with van der Waals surface area (Å²) in [6, 6.07) is 11.7. The maximum Gasteiger partial charge on any atom is 0.225 e. The highest BCUT2D eigenvalue weighted by atomic mass is 19.1. The SMILES string of the molecule is O=C(C[C@]1(COc2ccc(F)cc2)CN(C(=O)CCCOc2ccccc2F)CCO1)N1CCOCC1. The first-order valence-corrected chi connectivity index (χ1v) is 12.5. The Labute approximate surface area is 215 Å². The first-order chi connectivity index (χ1) is 17.9. The van der Waals surface area contributed by atoms with Crippen LogP contribution in [0.4, 0.5) is 8.78 Å². The molecule has 8 nitrogen and oxygen atoms in total. The Bertz CT molecular complexity index is 1050. The van der Waals surface area contributed by atoms with Crippen molar-refractivity contribution in [3.8, 4) is 11.5 Å². The lowest BCUT2D eigenvalue weighted by Gasteiger charge is -2.43. The van der Waals surface area contributed by atoms with E-state index in [9.17, 15) is 18.4 Å². The molecule has 0 bridgehead atoms. The lowest BCUT2D eigenvalue weighted by Crippen LogP contribution is -2.58. The number of nitrogens with zero attached hydrogens (tertiary/aromatic N) is 2. The molecule has 2 saturated heterocycles. The summed E-state index contributed by atoms with van der Waals surface area (Å²) in [6.45, 7) is 2.99. The van der Waals surface area contributed by atoms with E-state index >= 15 is 0 Å². The van der Waals surface area contributed by atoms with Gasteiger partial charge in [0.15, 0.2) is 11.6 Å². The van der Waals surface area contributed by atoms with Gasteiger partial charge in [-0.15, -0.1) is 0 Å². The Balaban J connectivity index is 1.37. The fourth-order valence-corrected chi connectivity index (χ4v) is 4.37. The summed E-state index contributed by atoms with van der Waals surface area (Å²) >= 11 is 0. The Morgan fingerprint density at radius 2 is 1.62 bits per heavy atom. The number of benzene rings is 2. The molecule has 0 aromatic heterocycles. The maximum atomic E-state index is 13.7. The molecular formula is C27H32F2N2O6. The summed E-state index contributed by atoms with van der Waals surface area (Å²) in [4.78, 5) is 29.5. The molecule has 2 aromatic carbocycles. The lowest BCUT2D eigenvalue weighted by molar-refractivity contribution is -0.167. The van der Waals surface area contributed by atoms with Crippen LogP contribution in [0.15, 0.2) is 48.5 Å². The minimum absolute atomic E-state index is 0.0227. The van der Waals surface area contributed by atoms with Crippen LogP contribution >= 0.6 is 0 Å². The Hall–Kier alpha value is -3.24. The molecule has 2 heterocycles. The molecule has 10 heteroatoms. The number of carbonyl (C=O) groups excluding carboxylic acids is 2. The molecular weight excluding hydrogens is 486 g/mol. The standard InChI is InChI=1S/C27H32F2N2O6/c28-21-7-9-22(10-8-21)36-20-27(18-26(33)30-11-15-34-16-12-30)19-31(13-17-37-27)25(32)6-3-14-35-24-5-2-1-4-23(24)29/h1-2,4-5,7-10H,3,6,11-20H2/t27-/m1/s1. The van der Waals surface area contributed by atoms with Gasteiger partial charge in [0.1, 0.15) is 23.8 Å². The highest BCUT2D eigenvalue weighted by molar-refractivity contribution is 5.79. The average Bonchev–Trinajstić information content (AvgIpc) is 2.92. The predicted molar refractivity (Wildman–Crippen MR) is 130 cm³/mol. The van der Waals surface area contributed by atoms with E-state index in [1.807, 2.05) is 0 Å². The molecule has 37 heavy (non-hydrogen) atoms. The van der Waals surface area contributed by atoms with Crippen molar-refractivity contribution in [3.63, 3.8) is 0 Å². The third-order valence-electron chi connectivity index (χ3n) is 6.38. The van der Waals surface area contributed by atoms with Gasteiger partial charge >= 0.3 is 0 Å². The molecule has 0 radical (unpaired) electrons. The molecule has 2 amide bonds. The van der Waals surface area contributed by atoms with Crippen LogP contribution in [0.25, 0.3) is 0 Å². The maximum absolute atomic E-state index is 13.7. The van der Waals surface area contributed by atoms with Crippen molar-refractivity contribution >= 4 is 11.8 Å². The van der Waals surface area contributed by atoms with Crippen LogP contribution in [-0.2, 0) is 19.1 Å². The summed E-state index contributed by atoms with van der Waals surface area (Å²) < 4.78 is 49.8. The fourth-order valence-electron chi connectivity index (χ4n) is 4.37. The number of halogens is 2. The zero-order valence-corrected chi connectivity index (χ0v) is 20.7. The van der Waals surface area contributed by atoms with Crippen LogP contribution < -0.4 is 9.47 Å². The van der Waals surface area contributed by atoms with Crippen LogP contribution in [0.2, 0.25) is 0 Å². The van der Waals surface area contributed by atoms with Crippen LogP contribution in [0.1, 0.15) is 19.3 Å². The van der Waals surface area contributed by atoms with E-state index in [1.54, 1.807) is 28.0 Å². The van der Waals surface area contributed by atoms with Crippen molar-refractivity contribution in [2.75, 3.05) is 59.2 Å². The number of hydrogen-bond donors (Lipinski definition) is 0. The normalized spacial score (nSPS) is 19.9. The monoisotopic (exact) mass is 518 g/mol. The molecule has 0 unspecified atom stereocenters. The highest BCUT2D eigenvalue weighted by Gasteiger charge is 2.42. The van der Waals surface area contributed by atoms with Crippen molar-refractivity contribution in [1.29, 1.82) is 0 Å². The van der Waals surface area contributed by atoms with Gasteiger partial charge in [0.2, 0.25) is 11.8 Å². The molecule has 0 spiro atoms. The number of carbonyl (C=O) groups is 2. The van der Waals surface area contributed by atoms with Crippen LogP contribution in [0.5, 0.6) is 11.5 Å². The lowest BCUT2D eigenvalue weighted by atomic mass is 9.96. The summed E-state index contributed by atoms with van der Waals surface area (Å²) in [5.74, 6) is -0.437. The first kappa shape index (κ1) is 26.8. The number of morpholine rings is 2. The Kier molecular flexibility index (Phi) is 9.29. The minimum Gasteiger partial charge on any atom is -0.491 e. The van der Waals surface area contributed by atoms with Gasteiger partial charge in [0.25, 0.3) is 0 Å². The van der Waals surface area contributed by atoms with E-state index in [2.05, 4.69) is 0 Å². The first-order valence-electron chi connectivity index (χ1n) is 12.5. The Morgan fingerprint density at radius 1 is 0.892 bits per heavy atom. The minimum atomic E-state index is -1.05. The molecule has 4 rings (SSSR count). The molecule has 2 fully saturated rings. The van der Waals surface area contributed by atoms with Crippen LogP contribution in [-0.4, -0.2) is 86.4 Å². The number of hydrogen-bond acceptors (Lipinski definition) is 6. The van der Waals surface area contributed by atoms with E-state index in [0.29, 0.717) is 45.0 Å². The van der Waals surface area contributed by atoms with Crippen LogP contribution in [0, 0.1) is 11.6 Å². The van der Waals surface area contributed by atoms with Gasteiger partial charge in [0, 0.05) is 26.1 Å². The summed E-state index contributed by atoms with van der Waals surface area (Å²) in [7, 11) is 0. The zero-order valence-electron chi connectivity index (χ0n) is 20.7. The molecule has 2 aromatic rings. The van der Waals surface area contributed by atoms with E-state index in [-0.39, 0.29) is 62.6 Å². The van der Waals surface area contributed by atoms with Crippen molar-refractivity contribution in [2.24, 2.45) is 0 Å². The highest BCUT2D eigenvalue weighted by Crippen LogP contribution is 2.26. The third-order valence-corrected chi connectivity index (χ3v) is 6.38. The number of rotatable bonds is 10. The molecule has 2 aliphatic rings. The van der Waals surface area contributed by atoms with Gasteiger partial charge in [-0.1, -0.05) is 12.1 Å². The van der Waals surface area contributed by atoms with Crippen molar-refractivity contribution < 1.29 is 37.3 Å². The zero-order chi connectivity index (χ0) is 26.1. The van der Waals surface area contributed by atoms with Gasteiger partial charge in [-0.3, -0.25) is 9.59 Å². The summed E-state index contributed by atoms with van der Waals surface area (Å²) in [6.07, 6.45) is 0.658. The molecule has 0 N–H and O–H groups in total. The molecule has 200 valence electrons. The number of amides is 2. The van der Waals surface area contributed by atoms with Crippen molar-refractivity contribution in [2.45, 2.75) is 24.9 Å². The molecule has 1 atom stereocenters. The summed E-state index contributed by atoms with van der Waals surface area (Å²) in [5.41, 5.74) is -1.05. The van der Waals surface area contributed by atoms with Gasteiger partial charge in [-0.25, -0.2) is 8.78 Å². The van der Waals surface area contributed by atoms with E-state index in [1.165, 1.54) is 30.3 Å². The molecule has 2 aliphatic heterocycles. The van der Waals surface area contributed by atoms with Gasteiger partial charge < -0.3 is 28.7 Å². The topological polar surface area (TPSA) is 77.5 Å². The van der Waals surface area contributed by atoms with E-state index in [4.69, 9.17) is 18.9 Å². The summed E-state index contributed by atoms with van der Waals surface area (Å²) in [5, 5.41) is 0. The molecule has 0 saturated carbocycles. The smallest absolute Gasteiger partial charge is 0.225 e. The second kappa shape index (κ2) is 12.8. The van der Waals surface area contributed by atoms with E-state index < -0.39 is 11.4 Å². The van der Waals surface area contributed by atoms with Gasteiger partial charge in [-0.2, -0.15) is 0 Å². The van der Waals surface area contributed by atoms with Crippen molar-refractivity contribution in [1.82, 2.24) is 9.80 Å².